The zero-order chi connectivity index (χ0) is 13.4. The zero-order valence-electron chi connectivity index (χ0n) is 11.7. The van der Waals surface area contributed by atoms with Crippen LogP contribution in [0, 0.1) is 0 Å². The lowest BCUT2D eigenvalue weighted by Crippen LogP contribution is -2.15. The van der Waals surface area contributed by atoms with Crippen molar-refractivity contribution in [3.63, 3.8) is 0 Å². The van der Waals surface area contributed by atoms with Crippen LogP contribution in [-0.2, 0) is 19.4 Å². The molecule has 0 aliphatic heterocycles. The molecule has 0 atom stereocenters. The SMILES string of the molecule is c1cc(-n2cnc3c2CCCC3)ncc1CNC1CC1. The molecule has 1 fully saturated rings. The molecule has 0 saturated heterocycles. The highest BCUT2D eigenvalue weighted by molar-refractivity contribution is 5.31. The summed E-state index contributed by atoms with van der Waals surface area (Å²) in [6, 6.07) is 5.03. The van der Waals surface area contributed by atoms with Crippen molar-refractivity contribution in [2.24, 2.45) is 0 Å². The second kappa shape index (κ2) is 5.02. The Hall–Kier alpha value is -1.68. The Morgan fingerprint density at radius 3 is 2.85 bits per heavy atom. The summed E-state index contributed by atoms with van der Waals surface area (Å²) in [6.45, 7) is 0.931. The van der Waals surface area contributed by atoms with E-state index in [0.29, 0.717) is 0 Å². The van der Waals surface area contributed by atoms with Crippen LogP contribution in [0.2, 0.25) is 0 Å². The topological polar surface area (TPSA) is 42.7 Å². The molecule has 2 aliphatic rings. The van der Waals surface area contributed by atoms with Crippen molar-refractivity contribution < 1.29 is 0 Å². The molecule has 20 heavy (non-hydrogen) atoms. The molecule has 1 saturated carbocycles. The van der Waals surface area contributed by atoms with Gasteiger partial charge >= 0.3 is 0 Å². The highest BCUT2D eigenvalue weighted by Crippen LogP contribution is 2.22. The Bertz CT molecular complexity index is 595. The monoisotopic (exact) mass is 268 g/mol. The van der Waals surface area contributed by atoms with E-state index in [1.54, 1.807) is 0 Å². The number of nitrogens with zero attached hydrogens (tertiary/aromatic N) is 3. The Labute approximate surface area is 119 Å². The summed E-state index contributed by atoms with van der Waals surface area (Å²) in [5, 5.41) is 3.52. The largest absolute Gasteiger partial charge is 0.310 e. The van der Waals surface area contributed by atoms with Crippen molar-refractivity contribution >= 4 is 0 Å². The molecule has 2 aliphatic carbocycles. The van der Waals surface area contributed by atoms with Crippen LogP contribution in [0.5, 0.6) is 0 Å². The van der Waals surface area contributed by atoms with E-state index in [4.69, 9.17) is 0 Å². The highest BCUT2D eigenvalue weighted by atomic mass is 15.1. The smallest absolute Gasteiger partial charge is 0.138 e. The van der Waals surface area contributed by atoms with Crippen LogP contribution in [0.1, 0.15) is 42.6 Å². The minimum Gasteiger partial charge on any atom is -0.310 e. The number of imidazole rings is 1. The first-order valence-corrected chi connectivity index (χ1v) is 7.64. The number of pyridine rings is 1. The predicted molar refractivity (Wildman–Crippen MR) is 77.9 cm³/mol. The number of nitrogens with one attached hydrogen (secondary N) is 1. The quantitative estimate of drug-likeness (QED) is 0.926. The van der Waals surface area contributed by atoms with Crippen molar-refractivity contribution in [2.45, 2.75) is 51.1 Å². The number of fused-ring (bicyclic) bond motifs is 1. The van der Waals surface area contributed by atoms with Gasteiger partial charge in [0.15, 0.2) is 0 Å². The van der Waals surface area contributed by atoms with Crippen LogP contribution in [0.4, 0.5) is 0 Å². The van der Waals surface area contributed by atoms with Gasteiger partial charge in [-0.3, -0.25) is 4.57 Å². The molecule has 2 heterocycles. The Balaban J connectivity index is 1.54. The van der Waals surface area contributed by atoms with E-state index in [2.05, 4.69) is 32.0 Å². The lowest BCUT2D eigenvalue weighted by atomic mass is 10.0. The third-order valence-electron chi connectivity index (χ3n) is 4.26. The summed E-state index contributed by atoms with van der Waals surface area (Å²) >= 11 is 0. The Kier molecular flexibility index (Phi) is 3.03. The number of aromatic nitrogens is 3. The second-order valence-electron chi connectivity index (χ2n) is 5.89. The fourth-order valence-electron chi connectivity index (χ4n) is 2.88. The van der Waals surface area contributed by atoms with Crippen LogP contribution >= 0.6 is 0 Å². The normalized spacial score (nSPS) is 18.0. The van der Waals surface area contributed by atoms with Gasteiger partial charge < -0.3 is 5.32 Å². The first-order chi connectivity index (χ1) is 9.90. The molecule has 4 rings (SSSR count). The summed E-state index contributed by atoms with van der Waals surface area (Å²) in [5.41, 5.74) is 3.87. The summed E-state index contributed by atoms with van der Waals surface area (Å²) in [6.07, 6.45) is 11.3. The average molecular weight is 268 g/mol. The van der Waals surface area contributed by atoms with Gasteiger partial charge in [0, 0.05) is 24.5 Å². The standard InChI is InChI=1S/C16H20N4/c1-2-4-15-14(3-1)19-11-20(15)16-8-5-12(10-18-16)9-17-13-6-7-13/h5,8,10-11,13,17H,1-4,6-7,9H2. The Morgan fingerprint density at radius 1 is 1.15 bits per heavy atom. The minimum atomic E-state index is 0.746. The van der Waals surface area contributed by atoms with Crippen LogP contribution in [0.25, 0.3) is 5.82 Å². The van der Waals surface area contributed by atoms with Crippen LogP contribution in [0.3, 0.4) is 0 Å². The third kappa shape index (κ3) is 2.36. The fraction of sp³-hybridized carbons (Fsp3) is 0.500. The summed E-state index contributed by atoms with van der Waals surface area (Å²) in [7, 11) is 0. The second-order valence-corrected chi connectivity index (χ2v) is 5.89. The van der Waals surface area contributed by atoms with Crippen molar-refractivity contribution in [1.82, 2.24) is 19.9 Å². The van der Waals surface area contributed by atoms with Crippen molar-refractivity contribution in [3.8, 4) is 5.82 Å². The molecule has 0 spiro atoms. The molecule has 0 bridgehead atoms. The van der Waals surface area contributed by atoms with Gasteiger partial charge in [-0.15, -0.1) is 0 Å². The molecule has 4 nitrogen and oxygen atoms in total. The van der Waals surface area contributed by atoms with E-state index in [1.807, 2.05) is 12.5 Å². The van der Waals surface area contributed by atoms with E-state index in [-0.39, 0.29) is 0 Å². The molecule has 2 aromatic heterocycles. The van der Waals surface area contributed by atoms with Gasteiger partial charge in [-0.2, -0.15) is 0 Å². The molecule has 0 unspecified atom stereocenters. The first kappa shape index (κ1) is 12.1. The maximum Gasteiger partial charge on any atom is 0.138 e. The molecule has 0 aromatic carbocycles. The predicted octanol–water partition coefficient (Wildman–Crippen LogP) is 2.40. The summed E-state index contributed by atoms with van der Waals surface area (Å²) < 4.78 is 2.16. The molecule has 1 N–H and O–H groups in total. The lowest BCUT2D eigenvalue weighted by Gasteiger charge is -2.13. The number of rotatable bonds is 4. The maximum absolute atomic E-state index is 4.61. The molecule has 2 aromatic rings. The van der Waals surface area contributed by atoms with E-state index in [9.17, 15) is 0 Å². The van der Waals surface area contributed by atoms with Gasteiger partial charge in [0.25, 0.3) is 0 Å². The van der Waals surface area contributed by atoms with Gasteiger partial charge in [-0.05, 0) is 50.2 Å². The van der Waals surface area contributed by atoms with Crippen molar-refractivity contribution in [2.75, 3.05) is 0 Å². The summed E-state index contributed by atoms with van der Waals surface area (Å²) in [4.78, 5) is 9.14. The number of hydrogen-bond donors (Lipinski definition) is 1. The van der Waals surface area contributed by atoms with E-state index >= 15 is 0 Å². The lowest BCUT2D eigenvalue weighted by molar-refractivity contribution is 0.653. The number of aryl methyl sites for hydroxylation is 1. The minimum absolute atomic E-state index is 0.746. The maximum atomic E-state index is 4.61. The molecule has 0 amide bonds. The van der Waals surface area contributed by atoms with Crippen LogP contribution in [0.15, 0.2) is 24.7 Å². The van der Waals surface area contributed by atoms with E-state index in [1.165, 1.54) is 42.6 Å². The number of hydrogen-bond acceptors (Lipinski definition) is 3. The molecule has 104 valence electrons. The van der Waals surface area contributed by atoms with Gasteiger partial charge in [-0.25, -0.2) is 9.97 Å². The van der Waals surface area contributed by atoms with E-state index in [0.717, 1.165) is 31.2 Å². The summed E-state index contributed by atoms with van der Waals surface area (Å²) in [5.74, 6) is 0.996. The third-order valence-corrected chi connectivity index (χ3v) is 4.26. The molecular weight excluding hydrogens is 248 g/mol. The molecular formula is C16H20N4. The van der Waals surface area contributed by atoms with Crippen molar-refractivity contribution in [1.29, 1.82) is 0 Å². The van der Waals surface area contributed by atoms with Gasteiger partial charge in [0.2, 0.25) is 0 Å². The first-order valence-electron chi connectivity index (χ1n) is 7.64. The van der Waals surface area contributed by atoms with Gasteiger partial charge in [0.05, 0.1) is 5.69 Å². The molecule has 0 radical (unpaired) electrons. The Morgan fingerprint density at radius 2 is 2.05 bits per heavy atom. The van der Waals surface area contributed by atoms with Crippen LogP contribution < -0.4 is 5.32 Å². The fourth-order valence-corrected chi connectivity index (χ4v) is 2.88. The molecule has 4 heteroatoms. The average Bonchev–Trinajstić information content (AvgIpc) is 3.23. The van der Waals surface area contributed by atoms with E-state index < -0.39 is 0 Å². The zero-order valence-corrected chi connectivity index (χ0v) is 11.7. The highest BCUT2D eigenvalue weighted by Gasteiger charge is 2.20. The van der Waals surface area contributed by atoms with Gasteiger partial charge in [0.1, 0.15) is 12.1 Å². The van der Waals surface area contributed by atoms with Crippen LogP contribution in [-0.4, -0.2) is 20.6 Å². The van der Waals surface area contributed by atoms with Gasteiger partial charge in [-0.1, -0.05) is 6.07 Å². The van der Waals surface area contributed by atoms with Crippen molar-refractivity contribution in [3.05, 3.63) is 41.6 Å².